The first kappa shape index (κ1) is 25.8. The van der Waals surface area contributed by atoms with Gasteiger partial charge in [0.25, 0.3) is 5.91 Å². The van der Waals surface area contributed by atoms with Crippen LogP contribution in [0.4, 0.5) is 5.69 Å². The zero-order valence-corrected chi connectivity index (χ0v) is 22.4. The van der Waals surface area contributed by atoms with E-state index in [1.54, 1.807) is 9.80 Å². The van der Waals surface area contributed by atoms with E-state index in [1.165, 1.54) is 4.90 Å². The molecule has 8 heteroatoms. The molecule has 2 fully saturated rings. The maximum Gasteiger partial charge on any atom is 0.253 e. The van der Waals surface area contributed by atoms with Gasteiger partial charge >= 0.3 is 0 Å². The van der Waals surface area contributed by atoms with E-state index in [1.807, 2.05) is 80.6 Å². The number of amides is 3. The summed E-state index contributed by atoms with van der Waals surface area (Å²) in [6, 6.07) is 12.3. The highest BCUT2D eigenvalue weighted by Crippen LogP contribution is 2.54. The van der Waals surface area contributed by atoms with Crippen molar-refractivity contribution in [1.29, 1.82) is 0 Å². The van der Waals surface area contributed by atoms with Crippen molar-refractivity contribution in [3.05, 3.63) is 66.8 Å². The van der Waals surface area contributed by atoms with Gasteiger partial charge in [0, 0.05) is 25.3 Å². The largest absolute Gasteiger partial charge is 0.394 e. The second-order valence-electron chi connectivity index (χ2n) is 10.9. The number of carbonyl (C=O) groups excluding carboxylic acids is 3. The summed E-state index contributed by atoms with van der Waals surface area (Å²) in [5, 5.41) is 12.4. The third kappa shape index (κ3) is 3.84. The van der Waals surface area contributed by atoms with E-state index in [9.17, 15) is 19.5 Å². The van der Waals surface area contributed by atoms with Crippen LogP contribution in [0.1, 0.15) is 26.7 Å². The molecule has 0 radical (unpaired) electrons. The molecule has 204 valence electrons. The fourth-order valence-electron chi connectivity index (χ4n) is 6.98. The van der Waals surface area contributed by atoms with Crippen molar-refractivity contribution in [2.45, 2.75) is 50.5 Å². The topological polar surface area (TPSA) is 90.4 Å². The van der Waals surface area contributed by atoms with Crippen LogP contribution in [0.3, 0.4) is 0 Å². The van der Waals surface area contributed by atoms with Crippen LogP contribution < -0.4 is 4.90 Å². The van der Waals surface area contributed by atoms with Gasteiger partial charge in [-0.25, -0.2) is 0 Å². The molecule has 1 N–H and O–H groups in total. The summed E-state index contributed by atoms with van der Waals surface area (Å²) in [6.07, 6.45) is 8.23. The first-order valence-electron chi connectivity index (χ1n) is 14.0. The van der Waals surface area contributed by atoms with Crippen molar-refractivity contribution in [2.24, 2.45) is 11.8 Å². The van der Waals surface area contributed by atoms with Crippen LogP contribution in [0.25, 0.3) is 10.8 Å². The Morgan fingerprint density at radius 3 is 2.54 bits per heavy atom. The minimum Gasteiger partial charge on any atom is -0.394 e. The van der Waals surface area contributed by atoms with Crippen molar-refractivity contribution < 1.29 is 24.2 Å². The van der Waals surface area contributed by atoms with Gasteiger partial charge in [0.2, 0.25) is 11.8 Å². The summed E-state index contributed by atoms with van der Waals surface area (Å²) in [4.78, 5) is 47.7. The average Bonchev–Trinajstić information content (AvgIpc) is 3.27. The van der Waals surface area contributed by atoms with Crippen molar-refractivity contribution >= 4 is 34.2 Å². The first-order chi connectivity index (χ1) is 18.9. The first-order valence-corrected chi connectivity index (χ1v) is 14.0. The maximum atomic E-state index is 14.5. The summed E-state index contributed by atoms with van der Waals surface area (Å²) in [7, 11) is 0. The molecule has 2 saturated heterocycles. The molecular formula is C31H35N3O5. The van der Waals surface area contributed by atoms with Gasteiger partial charge in [-0.2, -0.15) is 0 Å². The quantitative estimate of drug-likeness (QED) is 0.582. The van der Waals surface area contributed by atoms with E-state index >= 15 is 0 Å². The number of aliphatic hydroxyl groups is 1. The molecule has 2 aromatic rings. The van der Waals surface area contributed by atoms with E-state index in [0.29, 0.717) is 26.1 Å². The number of rotatable bonds is 6. The second kappa shape index (κ2) is 9.92. The van der Waals surface area contributed by atoms with E-state index in [-0.39, 0.29) is 24.3 Å². The Morgan fingerprint density at radius 2 is 1.79 bits per heavy atom. The van der Waals surface area contributed by atoms with E-state index in [0.717, 1.165) is 22.9 Å². The van der Waals surface area contributed by atoms with Gasteiger partial charge < -0.3 is 24.5 Å². The number of likely N-dealkylation sites (tertiary alicyclic amines) is 1. The van der Waals surface area contributed by atoms with Crippen molar-refractivity contribution in [1.82, 2.24) is 9.80 Å². The zero-order valence-electron chi connectivity index (χ0n) is 22.4. The Labute approximate surface area is 228 Å². The fourth-order valence-corrected chi connectivity index (χ4v) is 6.98. The summed E-state index contributed by atoms with van der Waals surface area (Å²) in [5.74, 6) is -2.25. The highest BCUT2D eigenvalue weighted by molar-refractivity contribution is 6.06. The van der Waals surface area contributed by atoms with Crippen LogP contribution in [-0.4, -0.2) is 82.7 Å². The number of hydrogen-bond acceptors (Lipinski definition) is 5. The standard InChI is InChI=1S/C31H35N3O5/c1-3-15-32-16-7-11-24-25(28(32)36)26-29(37)34(22(4-2)19-35)27-30(38)33(17-8-14-31(26,27)39-24)23-13-12-20-9-5-6-10-21(20)18-23/h5-14,18,22,24-27,35H,3-4,15-17,19H2,1-2H3/t22-,24+,25-,26-,27?,31-/m0/s1. The lowest BCUT2D eigenvalue weighted by atomic mass is 9.77. The lowest BCUT2D eigenvalue weighted by Crippen LogP contribution is -2.58. The predicted octanol–water partition coefficient (Wildman–Crippen LogP) is 2.90. The molecule has 0 aliphatic carbocycles. The number of nitrogens with zero attached hydrogens (tertiary/aromatic N) is 3. The Morgan fingerprint density at radius 1 is 1.00 bits per heavy atom. The summed E-state index contributed by atoms with van der Waals surface area (Å²) in [5.41, 5.74) is -0.571. The lowest BCUT2D eigenvalue weighted by molar-refractivity contribution is -0.147. The molecule has 4 aliphatic heterocycles. The number of fused-ring (bicyclic) bond motifs is 3. The third-order valence-electron chi connectivity index (χ3n) is 8.79. The number of benzene rings is 2. The molecule has 0 bridgehead atoms. The van der Waals surface area contributed by atoms with Crippen LogP contribution in [0.2, 0.25) is 0 Å². The molecule has 4 heterocycles. The van der Waals surface area contributed by atoms with Crippen LogP contribution in [0, 0.1) is 11.8 Å². The third-order valence-corrected chi connectivity index (χ3v) is 8.79. The van der Waals surface area contributed by atoms with E-state index in [2.05, 4.69) is 0 Å². The average molecular weight is 530 g/mol. The highest BCUT2D eigenvalue weighted by atomic mass is 16.5. The lowest BCUT2D eigenvalue weighted by Gasteiger charge is -2.38. The van der Waals surface area contributed by atoms with Crippen molar-refractivity contribution in [2.75, 3.05) is 31.1 Å². The second-order valence-corrected chi connectivity index (χ2v) is 10.9. The van der Waals surface area contributed by atoms with Crippen LogP contribution in [0.15, 0.2) is 66.8 Å². The molecule has 6 rings (SSSR count). The highest BCUT2D eigenvalue weighted by Gasteiger charge is 2.72. The van der Waals surface area contributed by atoms with E-state index in [4.69, 9.17) is 4.74 Å². The normalized spacial score (nSPS) is 30.8. The van der Waals surface area contributed by atoms with Crippen LogP contribution >= 0.6 is 0 Å². The zero-order chi connectivity index (χ0) is 27.3. The van der Waals surface area contributed by atoms with Crippen LogP contribution in [-0.2, 0) is 19.1 Å². The molecule has 6 atom stereocenters. The minimum absolute atomic E-state index is 0.115. The van der Waals surface area contributed by atoms with Gasteiger partial charge in [0.1, 0.15) is 11.6 Å². The SMILES string of the molecule is CCCN1CC=C[C@H]2O[C@]34C=CCN(c5ccc6ccccc6c5)C(=O)C3N([C@@H](CC)CO)C(=O)[C@@H]4[C@H]2C1=O. The van der Waals surface area contributed by atoms with Gasteiger partial charge in [-0.05, 0) is 35.7 Å². The molecule has 8 nitrogen and oxygen atoms in total. The molecular weight excluding hydrogens is 494 g/mol. The van der Waals surface area contributed by atoms with E-state index < -0.39 is 35.6 Å². The molecule has 1 spiro atoms. The Balaban J connectivity index is 1.46. The van der Waals surface area contributed by atoms with Gasteiger partial charge in [-0.15, -0.1) is 0 Å². The monoisotopic (exact) mass is 529 g/mol. The smallest absolute Gasteiger partial charge is 0.253 e. The maximum absolute atomic E-state index is 14.5. The van der Waals surface area contributed by atoms with Crippen molar-refractivity contribution in [3.63, 3.8) is 0 Å². The number of ether oxygens (including phenoxy) is 1. The Bertz CT molecular complexity index is 1370. The molecule has 4 aliphatic rings. The molecule has 3 amide bonds. The Kier molecular flexibility index (Phi) is 6.55. The molecule has 39 heavy (non-hydrogen) atoms. The van der Waals surface area contributed by atoms with Crippen molar-refractivity contribution in [3.8, 4) is 0 Å². The molecule has 0 saturated carbocycles. The predicted molar refractivity (Wildman–Crippen MR) is 148 cm³/mol. The van der Waals surface area contributed by atoms with Crippen LogP contribution in [0.5, 0.6) is 0 Å². The molecule has 0 aromatic heterocycles. The Hall–Kier alpha value is -3.49. The summed E-state index contributed by atoms with van der Waals surface area (Å²) >= 11 is 0. The summed E-state index contributed by atoms with van der Waals surface area (Å²) in [6.45, 7) is 5.00. The number of carbonyl (C=O) groups is 3. The fraction of sp³-hybridized carbons (Fsp3) is 0.452. The number of anilines is 1. The number of aliphatic hydroxyl groups excluding tert-OH is 1. The minimum atomic E-state index is -1.30. The van der Waals surface area contributed by atoms with Gasteiger partial charge in [0.15, 0.2) is 0 Å². The van der Waals surface area contributed by atoms with Gasteiger partial charge in [-0.3, -0.25) is 14.4 Å². The van der Waals surface area contributed by atoms with Gasteiger partial charge in [-0.1, -0.05) is 68.5 Å². The summed E-state index contributed by atoms with van der Waals surface area (Å²) < 4.78 is 6.69. The van der Waals surface area contributed by atoms with Gasteiger partial charge in [0.05, 0.1) is 30.6 Å². The molecule has 2 aromatic carbocycles. The molecule has 1 unspecified atom stereocenters. The number of hydrogen-bond donors (Lipinski definition) is 1.